The molecule has 0 unspecified atom stereocenters. The average Bonchev–Trinajstić information content (AvgIpc) is 3.18. The fourth-order valence-electron chi connectivity index (χ4n) is 3.55. The van der Waals surface area contributed by atoms with Crippen LogP contribution in [0.2, 0.25) is 0 Å². The van der Waals surface area contributed by atoms with Crippen LogP contribution in [-0.2, 0) is 0 Å². The first kappa shape index (κ1) is 19.2. The van der Waals surface area contributed by atoms with Gasteiger partial charge < -0.3 is 15.5 Å². The summed E-state index contributed by atoms with van der Waals surface area (Å²) < 4.78 is 0. The fourth-order valence-corrected chi connectivity index (χ4v) is 3.55. The Morgan fingerprint density at radius 3 is 2.62 bits per heavy atom. The lowest BCUT2D eigenvalue weighted by atomic mass is 10.1. The maximum absolute atomic E-state index is 12.7. The summed E-state index contributed by atoms with van der Waals surface area (Å²) in [6.07, 6.45) is 5.77. The summed E-state index contributed by atoms with van der Waals surface area (Å²) in [6.45, 7) is 5.05. The summed E-state index contributed by atoms with van der Waals surface area (Å²) in [5.74, 6) is 0.838. The molecule has 1 amide bonds. The fraction of sp³-hybridized carbons (Fsp3) is 0.304. The Morgan fingerprint density at radius 1 is 1.10 bits per heavy atom. The first-order valence-electron chi connectivity index (χ1n) is 10.0. The summed E-state index contributed by atoms with van der Waals surface area (Å²) >= 11 is 0. The quantitative estimate of drug-likeness (QED) is 0.827. The Bertz CT molecular complexity index is 948. The lowest BCUT2D eigenvalue weighted by Crippen LogP contribution is -2.22. The summed E-state index contributed by atoms with van der Waals surface area (Å²) in [6, 6.07) is 13.7. The third-order valence-electron chi connectivity index (χ3n) is 5.32. The van der Waals surface area contributed by atoms with E-state index in [-0.39, 0.29) is 5.91 Å². The van der Waals surface area contributed by atoms with Gasteiger partial charge >= 0.3 is 0 Å². The number of rotatable bonds is 4. The third-order valence-corrected chi connectivity index (χ3v) is 5.32. The van der Waals surface area contributed by atoms with Crippen LogP contribution in [0.3, 0.4) is 0 Å². The van der Waals surface area contributed by atoms with Gasteiger partial charge in [0.2, 0.25) is 0 Å². The van der Waals surface area contributed by atoms with Gasteiger partial charge in [0, 0.05) is 48.3 Å². The highest BCUT2D eigenvalue weighted by molar-refractivity contribution is 6.05. The second-order valence-electron chi connectivity index (χ2n) is 7.64. The van der Waals surface area contributed by atoms with Crippen molar-refractivity contribution >= 4 is 28.8 Å². The molecule has 0 radical (unpaired) electrons. The number of benzene rings is 2. The number of aryl methyl sites for hydroxylation is 1. The minimum Gasteiger partial charge on any atom is -0.357 e. The second-order valence-corrected chi connectivity index (χ2v) is 7.64. The van der Waals surface area contributed by atoms with Crippen LogP contribution in [0.4, 0.5) is 17.1 Å². The number of likely N-dealkylation sites (N-methyl/N-ethyl adjacent to an activating group) is 1. The molecule has 1 fully saturated rings. The Kier molecular flexibility index (Phi) is 5.62. The van der Waals surface area contributed by atoms with Gasteiger partial charge in [-0.15, -0.1) is 0 Å². The lowest BCUT2D eigenvalue weighted by molar-refractivity contribution is 0.102. The number of allylic oxidation sites excluding steroid dienone is 1. The molecule has 0 bridgehead atoms. The minimum absolute atomic E-state index is 0.108. The monoisotopic (exact) mass is 389 g/mol. The molecule has 29 heavy (non-hydrogen) atoms. The number of aliphatic imine (C=N–C) groups is 1. The highest BCUT2D eigenvalue weighted by Crippen LogP contribution is 2.23. The molecule has 2 aromatic rings. The van der Waals surface area contributed by atoms with Crippen LogP contribution in [0.15, 0.2) is 59.7 Å². The third kappa shape index (κ3) is 4.66. The smallest absolute Gasteiger partial charge is 0.255 e. The maximum Gasteiger partial charge on any atom is 0.255 e. The van der Waals surface area contributed by atoms with E-state index in [0.717, 1.165) is 61.1 Å². The number of anilines is 3. The van der Waals surface area contributed by atoms with Crippen LogP contribution < -0.4 is 15.5 Å². The van der Waals surface area contributed by atoms with E-state index in [4.69, 9.17) is 0 Å². The van der Waals surface area contributed by atoms with E-state index in [1.165, 1.54) is 0 Å². The number of amides is 1. The van der Waals surface area contributed by atoms with E-state index in [1.54, 1.807) is 0 Å². The van der Waals surface area contributed by atoms with E-state index in [1.807, 2.05) is 55.6 Å². The number of nitrogens with one attached hydrogen (secondary N) is 2. The number of carbonyl (C=O) groups is 1. The van der Waals surface area contributed by atoms with Gasteiger partial charge in [0.25, 0.3) is 5.91 Å². The maximum atomic E-state index is 12.7. The number of hydrogen-bond donors (Lipinski definition) is 2. The normalized spacial score (nSPS) is 16.6. The summed E-state index contributed by atoms with van der Waals surface area (Å²) in [5.41, 5.74) is 4.64. The molecular weight excluding hydrogens is 362 g/mol. The molecule has 6 heteroatoms. The van der Waals surface area contributed by atoms with Crippen molar-refractivity contribution in [3.63, 3.8) is 0 Å². The molecule has 0 spiro atoms. The van der Waals surface area contributed by atoms with Gasteiger partial charge in [-0.1, -0.05) is 12.1 Å². The van der Waals surface area contributed by atoms with Gasteiger partial charge in [0.15, 0.2) is 0 Å². The molecule has 2 N–H and O–H groups in total. The first-order chi connectivity index (χ1) is 14.1. The number of hydrogen-bond acceptors (Lipinski definition) is 5. The van der Waals surface area contributed by atoms with E-state index in [0.29, 0.717) is 5.56 Å². The van der Waals surface area contributed by atoms with Gasteiger partial charge in [-0.05, 0) is 62.4 Å². The van der Waals surface area contributed by atoms with E-state index in [9.17, 15) is 4.79 Å². The standard InChI is InChI=1S/C23H27N5O/c1-17-6-9-19(15-21(17)26-22-5-3-4-12-24-22)25-23(29)18-7-10-20(11-8-18)28-14-13-27(2)16-28/h4,6-12,15H,3,5,13-14,16H2,1-2H3,(H,24,26)(H,25,29). The lowest BCUT2D eigenvalue weighted by Gasteiger charge is -2.18. The Balaban J connectivity index is 1.43. The Hall–Kier alpha value is -3.12. The Labute approximate surface area is 171 Å². The summed E-state index contributed by atoms with van der Waals surface area (Å²) in [5, 5.41) is 6.39. The van der Waals surface area contributed by atoms with Crippen LogP contribution >= 0.6 is 0 Å². The van der Waals surface area contributed by atoms with Crippen molar-refractivity contribution in [1.82, 2.24) is 4.90 Å². The average molecular weight is 390 g/mol. The molecular formula is C23H27N5O. The zero-order valence-electron chi connectivity index (χ0n) is 17.0. The molecule has 1 saturated heterocycles. The van der Waals surface area contributed by atoms with Crippen molar-refractivity contribution in [2.45, 2.75) is 19.8 Å². The van der Waals surface area contributed by atoms with Crippen molar-refractivity contribution in [3.8, 4) is 0 Å². The molecule has 2 aromatic carbocycles. The largest absolute Gasteiger partial charge is 0.357 e. The van der Waals surface area contributed by atoms with Gasteiger partial charge in [0.1, 0.15) is 5.84 Å². The van der Waals surface area contributed by atoms with Crippen molar-refractivity contribution in [2.24, 2.45) is 4.99 Å². The van der Waals surface area contributed by atoms with Crippen LogP contribution in [-0.4, -0.2) is 43.4 Å². The Morgan fingerprint density at radius 2 is 1.93 bits per heavy atom. The molecule has 4 rings (SSSR count). The zero-order valence-corrected chi connectivity index (χ0v) is 17.0. The highest BCUT2D eigenvalue weighted by atomic mass is 16.1. The molecule has 150 valence electrons. The van der Waals surface area contributed by atoms with Gasteiger partial charge in [-0.25, -0.2) is 4.99 Å². The van der Waals surface area contributed by atoms with E-state index in [2.05, 4.69) is 38.5 Å². The molecule has 2 aliphatic heterocycles. The van der Waals surface area contributed by atoms with Gasteiger partial charge in [-0.3, -0.25) is 9.69 Å². The zero-order chi connectivity index (χ0) is 20.2. The molecule has 0 saturated carbocycles. The second kappa shape index (κ2) is 8.49. The van der Waals surface area contributed by atoms with Crippen LogP contribution in [0, 0.1) is 6.92 Å². The number of nitrogens with zero attached hydrogens (tertiary/aromatic N) is 3. The molecule has 0 aromatic heterocycles. The predicted octanol–water partition coefficient (Wildman–Crippen LogP) is 4.07. The van der Waals surface area contributed by atoms with Crippen molar-refractivity contribution in [2.75, 3.05) is 42.3 Å². The van der Waals surface area contributed by atoms with E-state index < -0.39 is 0 Å². The molecule has 2 aliphatic rings. The van der Waals surface area contributed by atoms with E-state index >= 15 is 0 Å². The highest BCUT2D eigenvalue weighted by Gasteiger charge is 2.17. The molecule has 0 aliphatic carbocycles. The van der Waals surface area contributed by atoms with Crippen molar-refractivity contribution < 1.29 is 4.79 Å². The summed E-state index contributed by atoms with van der Waals surface area (Å²) in [4.78, 5) is 21.7. The van der Waals surface area contributed by atoms with Crippen LogP contribution in [0.5, 0.6) is 0 Å². The number of amidine groups is 1. The van der Waals surface area contributed by atoms with Gasteiger partial charge in [0.05, 0.1) is 6.67 Å². The van der Waals surface area contributed by atoms with Crippen molar-refractivity contribution in [1.29, 1.82) is 0 Å². The SMILES string of the molecule is Cc1ccc(NC(=O)c2ccc(N3CCN(C)C3)cc2)cc1NC1=NC=CCC1. The predicted molar refractivity (Wildman–Crippen MR) is 120 cm³/mol. The van der Waals surface area contributed by atoms with Crippen LogP contribution in [0.1, 0.15) is 28.8 Å². The van der Waals surface area contributed by atoms with Gasteiger partial charge in [-0.2, -0.15) is 0 Å². The molecule has 6 nitrogen and oxygen atoms in total. The van der Waals surface area contributed by atoms with Crippen LogP contribution in [0.25, 0.3) is 0 Å². The molecule has 0 atom stereocenters. The van der Waals surface area contributed by atoms with Crippen molar-refractivity contribution in [3.05, 3.63) is 65.9 Å². The summed E-state index contributed by atoms with van der Waals surface area (Å²) in [7, 11) is 2.12. The first-order valence-corrected chi connectivity index (χ1v) is 10.0. The topological polar surface area (TPSA) is 60.0 Å². The minimum atomic E-state index is -0.108. The molecule has 2 heterocycles. The number of carbonyl (C=O) groups excluding carboxylic acids is 1.